The smallest absolute Gasteiger partial charge is 0.462 e. The number of hydrogen-bond acceptors (Lipinski definition) is 15. The Labute approximate surface area is 605 Å². The number of aliphatic hydroxyl groups excluding tert-OH is 1. The Morgan fingerprint density at radius 2 is 0.520 bits per heavy atom. The molecule has 0 aliphatic rings. The molecule has 5 unspecified atom stereocenters. The normalized spacial score (nSPS) is 14.8. The van der Waals surface area contributed by atoms with E-state index in [0.717, 1.165) is 180 Å². The number of rotatable bonds is 70. The van der Waals surface area contributed by atoms with E-state index in [1.165, 1.54) is 25.7 Å². The molecule has 19 heteroatoms. The molecule has 0 saturated carbocycles. The first kappa shape index (κ1) is 94.9. The minimum absolute atomic E-state index is 0.0430. The molecule has 0 aromatic rings. The number of esters is 4. The van der Waals surface area contributed by atoms with E-state index in [2.05, 4.69) is 174 Å². The summed E-state index contributed by atoms with van der Waals surface area (Å²) in [4.78, 5) is 72.8. The second-order valence-corrected chi connectivity index (χ2v) is 27.7. The Kier molecular flexibility index (Phi) is 68.6. The second kappa shape index (κ2) is 72.3. The van der Waals surface area contributed by atoms with Crippen molar-refractivity contribution >= 4 is 39.5 Å². The second-order valence-electron chi connectivity index (χ2n) is 24.8. The fourth-order valence-electron chi connectivity index (χ4n) is 9.47. The summed E-state index contributed by atoms with van der Waals surface area (Å²) in [5.41, 5.74) is 0. The third-order valence-electron chi connectivity index (χ3n) is 15.3. The van der Waals surface area contributed by atoms with Gasteiger partial charge in [0.05, 0.1) is 26.4 Å². The lowest BCUT2D eigenvalue weighted by Gasteiger charge is -2.21. The van der Waals surface area contributed by atoms with E-state index in [1.807, 2.05) is 0 Å². The molecule has 0 aromatic carbocycles. The average Bonchev–Trinajstić information content (AvgIpc) is 1.06. The van der Waals surface area contributed by atoms with Crippen LogP contribution in [0.15, 0.2) is 146 Å². The zero-order valence-electron chi connectivity index (χ0n) is 62.1. The van der Waals surface area contributed by atoms with Gasteiger partial charge in [0.15, 0.2) is 12.2 Å². The first-order valence-corrected chi connectivity index (χ1v) is 41.1. The molecule has 0 bridgehead atoms. The van der Waals surface area contributed by atoms with Gasteiger partial charge < -0.3 is 33.8 Å². The minimum Gasteiger partial charge on any atom is -0.462 e. The van der Waals surface area contributed by atoms with Crippen LogP contribution in [0.2, 0.25) is 0 Å². The average molecular weight is 1440 g/mol. The van der Waals surface area contributed by atoms with Gasteiger partial charge in [0.1, 0.15) is 19.3 Å². The third-order valence-corrected chi connectivity index (χ3v) is 17.2. The van der Waals surface area contributed by atoms with Gasteiger partial charge in [0, 0.05) is 25.7 Å². The quantitative estimate of drug-likeness (QED) is 0.0169. The Morgan fingerprint density at radius 1 is 0.290 bits per heavy atom. The van der Waals surface area contributed by atoms with Crippen LogP contribution in [0.25, 0.3) is 0 Å². The molecular formula is C81H134O17P2. The monoisotopic (exact) mass is 1440 g/mol. The Hall–Kier alpha value is -5.06. The Morgan fingerprint density at radius 3 is 0.820 bits per heavy atom. The highest BCUT2D eigenvalue weighted by Crippen LogP contribution is 2.45. The summed E-state index contributed by atoms with van der Waals surface area (Å²) in [7, 11) is -9.98. The molecule has 0 saturated heterocycles. The lowest BCUT2D eigenvalue weighted by atomic mass is 10.1. The SMILES string of the molecule is CC/C=C\C/C=C\C/C=C\C/C=C\C/C=C\CCCCCC(=O)OCC(COP(=O)(O)OCC(O)COP(=O)(O)OCC(COC(=O)CCCCCCC/C=C\CCCC)OC(=O)CCCCCCC/C=C\CCCC)OC(=O)CCCCC/C=C\C/C=C\C/C=C\C/C=C\C/C=C\CC. The first-order valence-electron chi connectivity index (χ1n) is 38.1. The van der Waals surface area contributed by atoms with Crippen molar-refractivity contribution in [3.05, 3.63) is 146 Å². The number of ether oxygens (including phenoxy) is 4. The molecule has 0 spiro atoms. The number of aliphatic hydroxyl groups is 1. The van der Waals surface area contributed by atoms with Gasteiger partial charge in [-0.15, -0.1) is 0 Å². The van der Waals surface area contributed by atoms with E-state index in [0.29, 0.717) is 25.7 Å². The van der Waals surface area contributed by atoms with Gasteiger partial charge in [-0.1, -0.05) is 251 Å². The van der Waals surface area contributed by atoms with E-state index in [1.54, 1.807) is 0 Å². The largest absolute Gasteiger partial charge is 0.472 e. The van der Waals surface area contributed by atoms with E-state index in [9.17, 15) is 43.2 Å². The minimum atomic E-state index is -5.00. The number of phosphoric ester groups is 2. The number of allylic oxidation sites excluding steroid dienone is 24. The van der Waals surface area contributed by atoms with Crippen molar-refractivity contribution in [2.45, 2.75) is 303 Å². The van der Waals surface area contributed by atoms with Gasteiger partial charge in [-0.2, -0.15) is 0 Å². The van der Waals surface area contributed by atoms with E-state index in [-0.39, 0.29) is 25.7 Å². The summed E-state index contributed by atoms with van der Waals surface area (Å²) in [6, 6.07) is 0. The number of carbonyl (C=O) groups excluding carboxylic acids is 4. The van der Waals surface area contributed by atoms with E-state index >= 15 is 0 Å². The standard InChI is InChI=1S/C81H134O17P2/c1-5-9-13-17-21-25-29-31-33-35-37-39-41-43-47-50-54-58-62-66-79(84)92-72-77(98-81(86)68-64-60-56-52-48-44-42-40-38-36-34-32-30-26-22-18-14-10-6-2)74-96-100(89,90)94-70-75(82)69-93-99(87,88)95-73-76(97-80(85)67-63-59-55-51-46-28-24-20-16-12-8-4)71-91-78(83)65-61-57-53-49-45-27-23-19-15-11-7-3/h9-10,13-14,19-26,31-34,37-40,43-44,47-48,75-77,82H,5-8,11-12,15-18,27-30,35-36,41-42,45-46,49-74H2,1-4H3,(H,87,88)(H,89,90)/b13-9-,14-10-,23-19-,24-20-,25-21-,26-22-,33-31-,34-32-,39-37-,40-38-,47-43-,48-44-. The molecule has 17 nitrogen and oxygen atoms in total. The van der Waals surface area contributed by atoms with Crippen molar-refractivity contribution in [1.29, 1.82) is 0 Å². The summed E-state index contributed by atoms with van der Waals surface area (Å²) < 4.78 is 68.3. The summed E-state index contributed by atoms with van der Waals surface area (Å²) >= 11 is 0. The molecule has 0 fully saturated rings. The van der Waals surface area contributed by atoms with Crippen molar-refractivity contribution in [3.63, 3.8) is 0 Å². The van der Waals surface area contributed by atoms with E-state index < -0.39 is 97.5 Å². The topological polar surface area (TPSA) is 237 Å². The Bertz CT molecular complexity index is 2470. The van der Waals surface area contributed by atoms with Crippen LogP contribution in [0.4, 0.5) is 0 Å². The summed E-state index contributed by atoms with van der Waals surface area (Å²) in [5, 5.41) is 10.6. The number of unbranched alkanes of at least 4 members (excludes halogenated alkanes) is 20. The molecule has 5 atom stereocenters. The van der Waals surface area contributed by atoms with Crippen LogP contribution >= 0.6 is 15.6 Å². The third kappa shape index (κ3) is 71.3. The number of phosphoric acid groups is 2. The summed E-state index contributed by atoms with van der Waals surface area (Å²) in [6.07, 6.45) is 81.4. The highest BCUT2D eigenvalue weighted by Gasteiger charge is 2.30. The predicted octanol–water partition coefficient (Wildman–Crippen LogP) is 21.9. The molecule has 0 aromatic heterocycles. The van der Waals surface area contributed by atoms with Crippen molar-refractivity contribution in [2.75, 3.05) is 39.6 Å². The fraction of sp³-hybridized carbons (Fsp3) is 0.654. The van der Waals surface area contributed by atoms with Crippen molar-refractivity contribution in [3.8, 4) is 0 Å². The van der Waals surface area contributed by atoms with Gasteiger partial charge in [-0.3, -0.25) is 37.3 Å². The highest BCUT2D eigenvalue weighted by molar-refractivity contribution is 7.47. The number of hydrogen-bond donors (Lipinski definition) is 3. The molecule has 0 rings (SSSR count). The zero-order valence-corrected chi connectivity index (χ0v) is 63.9. The Balaban J connectivity index is 5.42. The maximum Gasteiger partial charge on any atom is 0.472 e. The summed E-state index contributed by atoms with van der Waals surface area (Å²) in [6.45, 7) is 4.45. The summed E-state index contributed by atoms with van der Waals surface area (Å²) in [5.74, 6) is -2.28. The zero-order chi connectivity index (χ0) is 73.2. The molecule has 0 radical (unpaired) electrons. The van der Waals surface area contributed by atoms with Gasteiger partial charge in [-0.05, 0) is 154 Å². The molecule has 3 N–H and O–H groups in total. The molecule has 570 valence electrons. The molecule has 0 aliphatic heterocycles. The van der Waals surface area contributed by atoms with Crippen molar-refractivity contribution in [2.24, 2.45) is 0 Å². The van der Waals surface area contributed by atoms with Gasteiger partial charge in [0.2, 0.25) is 0 Å². The van der Waals surface area contributed by atoms with Crippen LogP contribution in [0.5, 0.6) is 0 Å². The maximum atomic E-state index is 13.1. The van der Waals surface area contributed by atoms with Crippen molar-refractivity contribution in [1.82, 2.24) is 0 Å². The van der Waals surface area contributed by atoms with Gasteiger partial charge in [-0.25, -0.2) is 9.13 Å². The molecule has 0 amide bonds. The van der Waals surface area contributed by atoms with Crippen LogP contribution in [0.1, 0.15) is 285 Å². The first-order chi connectivity index (χ1) is 48.7. The van der Waals surface area contributed by atoms with Gasteiger partial charge >= 0.3 is 39.5 Å². The number of carbonyl (C=O) groups is 4. The lowest BCUT2D eigenvalue weighted by molar-refractivity contribution is -0.161. The predicted molar refractivity (Wildman–Crippen MR) is 408 cm³/mol. The highest BCUT2D eigenvalue weighted by atomic mass is 31.2. The van der Waals surface area contributed by atoms with Crippen LogP contribution in [0.3, 0.4) is 0 Å². The molecule has 100 heavy (non-hydrogen) atoms. The van der Waals surface area contributed by atoms with Gasteiger partial charge in [0.25, 0.3) is 0 Å². The molecule has 0 aliphatic carbocycles. The molecule has 0 heterocycles. The van der Waals surface area contributed by atoms with Crippen LogP contribution < -0.4 is 0 Å². The lowest BCUT2D eigenvalue weighted by Crippen LogP contribution is -2.30. The maximum absolute atomic E-state index is 13.1. The van der Waals surface area contributed by atoms with E-state index in [4.69, 9.17) is 37.0 Å². The fourth-order valence-corrected chi connectivity index (χ4v) is 11.0. The molecular weight excluding hydrogens is 1310 g/mol. The van der Waals surface area contributed by atoms with Crippen LogP contribution in [-0.2, 0) is 65.4 Å². The van der Waals surface area contributed by atoms with Crippen molar-refractivity contribution < 1.29 is 80.2 Å². The van der Waals surface area contributed by atoms with Crippen LogP contribution in [-0.4, -0.2) is 96.7 Å². The van der Waals surface area contributed by atoms with Crippen LogP contribution in [0, 0.1) is 0 Å².